The fourth-order valence-electron chi connectivity index (χ4n) is 1.89. The summed E-state index contributed by atoms with van der Waals surface area (Å²) in [6, 6.07) is 6.47. The van der Waals surface area contributed by atoms with Crippen LogP contribution in [-0.2, 0) is 11.2 Å². The van der Waals surface area contributed by atoms with E-state index >= 15 is 0 Å². The third kappa shape index (κ3) is 6.08. The maximum atomic E-state index is 6.04. The van der Waals surface area contributed by atoms with Crippen molar-refractivity contribution in [1.29, 1.82) is 0 Å². The lowest BCUT2D eigenvalue weighted by molar-refractivity contribution is 0.100. The van der Waals surface area contributed by atoms with Crippen molar-refractivity contribution >= 4 is 0 Å². The van der Waals surface area contributed by atoms with E-state index < -0.39 is 0 Å². The molecular formula is C16H27NO2. The number of nitrogens with two attached hydrogens (primary N) is 1. The predicted octanol–water partition coefficient (Wildman–Crippen LogP) is 3.08. The van der Waals surface area contributed by atoms with Crippen LogP contribution in [0.3, 0.4) is 0 Å². The lowest BCUT2D eigenvalue weighted by atomic mass is 10.0. The highest BCUT2D eigenvalue weighted by molar-refractivity contribution is 5.37. The molecule has 0 aliphatic carbocycles. The van der Waals surface area contributed by atoms with Crippen molar-refractivity contribution in [3.8, 4) is 5.75 Å². The van der Waals surface area contributed by atoms with Crippen molar-refractivity contribution in [3.05, 3.63) is 29.3 Å². The minimum Gasteiger partial charge on any atom is -0.491 e. The van der Waals surface area contributed by atoms with Gasteiger partial charge in [0.2, 0.25) is 0 Å². The van der Waals surface area contributed by atoms with E-state index in [0.717, 1.165) is 31.6 Å². The fraction of sp³-hybridized carbons (Fsp3) is 0.625. The van der Waals surface area contributed by atoms with Gasteiger partial charge in [0.05, 0.1) is 6.61 Å². The van der Waals surface area contributed by atoms with Crippen molar-refractivity contribution < 1.29 is 9.47 Å². The summed E-state index contributed by atoms with van der Waals surface area (Å²) in [5, 5.41) is 0. The van der Waals surface area contributed by atoms with Gasteiger partial charge >= 0.3 is 0 Å². The second-order valence-corrected chi connectivity index (χ2v) is 4.94. The van der Waals surface area contributed by atoms with Crippen LogP contribution in [0.25, 0.3) is 0 Å². The van der Waals surface area contributed by atoms with Crippen LogP contribution in [0.5, 0.6) is 5.75 Å². The van der Waals surface area contributed by atoms with E-state index in [2.05, 4.69) is 32.9 Å². The number of hydrogen-bond donors (Lipinski definition) is 1. The molecule has 3 nitrogen and oxygen atoms in total. The summed E-state index contributed by atoms with van der Waals surface area (Å²) >= 11 is 0. The van der Waals surface area contributed by atoms with Gasteiger partial charge in [-0.15, -0.1) is 0 Å². The van der Waals surface area contributed by atoms with Crippen LogP contribution in [0.15, 0.2) is 18.2 Å². The predicted molar refractivity (Wildman–Crippen MR) is 79.8 cm³/mol. The van der Waals surface area contributed by atoms with E-state index in [1.807, 2.05) is 6.07 Å². The van der Waals surface area contributed by atoms with Gasteiger partial charge in [-0.3, -0.25) is 0 Å². The summed E-state index contributed by atoms with van der Waals surface area (Å²) in [6.45, 7) is 8.34. The van der Waals surface area contributed by atoms with Crippen LogP contribution in [0.4, 0.5) is 0 Å². The van der Waals surface area contributed by atoms with E-state index in [4.69, 9.17) is 15.2 Å². The van der Waals surface area contributed by atoms with Crippen molar-refractivity contribution in [2.45, 2.75) is 46.1 Å². The Balaban J connectivity index is 2.55. The Hall–Kier alpha value is -1.06. The largest absolute Gasteiger partial charge is 0.491 e. The zero-order valence-electron chi connectivity index (χ0n) is 12.4. The zero-order chi connectivity index (χ0) is 14.1. The van der Waals surface area contributed by atoms with Crippen LogP contribution in [0.1, 0.15) is 37.8 Å². The molecule has 1 aromatic carbocycles. The van der Waals surface area contributed by atoms with Gasteiger partial charge < -0.3 is 15.2 Å². The van der Waals surface area contributed by atoms with Gasteiger partial charge in [0.15, 0.2) is 0 Å². The molecule has 0 aliphatic heterocycles. The average molecular weight is 265 g/mol. The molecule has 0 bridgehead atoms. The van der Waals surface area contributed by atoms with Crippen molar-refractivity contribution in [2.75, 3.05) is 19.8 Å². The summed E-state index contributed by atoms with van der Waals surface area (Å²) in [4.78, 5) is 0. The Morgan fingerprint density at radius 3 is 2.63 bits per heavy atom. The molecular weight excluding hydrogens is 238 g/mol. The maximum absolute atomic E-state index is 6.04. The molecule has 0 saturated carbocycles. The molecule has 0 amide bonds. The summed E-state index contributed by atoms with van der Waals surface area (Å²) in [6.07, 6.45) is 2.89. The van der Waals surface area contributed by atoms with Crippen molar-refractivity contribution in [2.24, 2.45) is 5.73 Å². The van der Waals surface area contributed by atoms with Crippen LogP contribution < -0.4 is 10.5 Å². The number of benzene rings is 1. The normalized spacial score (nSPS) is 12.4. The average Bonchev–Trinajstić information content (AvgIpc) is 2.40. The van der Waals surface area contributed by atoms with E-state index in [0.29, 0.717) is 13.2 Å². The van der Waals surface area contributed by atoms with E-state index in [1.165, 1.54) is 11.1 Å². The molecule has 1 unspecified atom stereocenters. The number of ether oxygens (including phenoxy) is 2. The monoisotopic (exact) mass is 265 g/mol. The van der Waals surface area contributed by atoms with Crippen LogP contribution in [0, 0.1) is 6.92 Å². The van der Waals surface area contributed by atoms with Gasteiger partial charge in [-0.2, -0.15) is 0 Å². The highest BCUT2D eigenvalue weighted by Gasteiger charge is 2.08. The summed E-state index contributed by atoms with van der Waals surface area (Å²) < 4.78 is 11.2. The maximum Gasteiger partial charge on any atom is 0.122 e. The lowest BCUT2D eigenvalue weighted by Gasteiger charge is -2.15. The van der Waals surface area contributed by atoms with Gasteiger partial charge in [-0.1, -0.05) is 31.5 Å². The van der Waals surface area contributed by atoms with Crippen molar-refractivity contribution in [3.63, 3.8) is 0 Å². The molecule has 3 heteroatoms. The molecule has 1 aromatic rings. The molecule has 108 valence electrons. The van der Waals surface area contributed by atoms with Crippen LogP contribution in [0.2, 0.25) is 0 Å². The van der Waals surface area contributed by atoms with Crippen molar-refractivity contribution in [1.82, 2.24) is 0 Å². The van der Waals surface area contributed by atoms with Crippen LogP contribution in [-0.4, -0.2) is 25.9 Å². The molecule has 0 heterocycles. The standard InChI is InChI=1S/C16H27NO2/c1-4-8-18-9-10-19-16-7-6-13(3)11-14(16)12-15(17)5-2/h6-7,11,15H,4-5,8-10,12,17H2,1-3H3. The Bertz CT molecular complexity index is 366. The first-order valence-corrected chi connectivity index (χ1v) is 7.23. The number of hydrogen-bond acceptors (Lipinski definition) is 3. The second kappa shape index (κ2) is 8.94. The Kier molecular flexibility index (Phi) is 7.53. The number of rotatable bonds is 9. The van der Waals surface area contributed by atoms with Gasteiger partial charge in [0.1, 0.15) is 12.4 Å². The molecule has 0 aromatic heterocycles. The topological polar surface area (TPSA) is 44.5 Å². The first kappa shape index (κ1) is 16.0. The molecule has 2 N–H and O–H groups in total. The summed E-state index contributed by atoms with van der Waals surface area (Å²) in [7, 11) is 0. The highest BCUT2D eigenvalue weighted by Crippen LogP contribution is 2.21. The van der Waals surface area contributed by atoms with Gasteiger partial charge in [-0.05, 0) is 37.8 Å². The lowest BCUT2D eigenvalue weighted by Crippen LogP contribution is -2.22. The quantitative estimate of drug-likeness (QED) is 0.698. The van der Waals surface area contributed by atoms with Crippen LogP contribution >= 0.6 is 0 Å². The minimum atomic E-state index is 0.195. The highest BCUT2D eigenvalue weighted by atomic mass is 16.5. The molecule has 0 saturated heterocycles. The molecule has 0 spiro atoms. The molecule has 1 rings (SSSR count). The molecule has 19 heavy (non-hydrogen) atoms. The van der Waals surface area contributed by atoms with E-state index in [9.17, 15) is 0 Å². The molecule has 0 radical (unpaired) electrons. The third-order valence-electron chi connectivity index (χ3n) is 3.06. The minimum absolute atomic E-state index is 0.195. The fourth-order valence-corrected chi connectivity index (χ4v) is 1.89. The van der Waals surface area contributed by atoms with E-state index in [-0.39, 0.29) is 6.04 Å². The van der Waals surface area contributed by atoms with Gasteiger partial charge in [-0.25, -0.2) is 0 Å². The Morgan fingerprint density at radius 1 is 1.16 bits per heavy atom. The summed E-state index contributed by atoms with van der Waals surface area (Å²) in [5.41, 5.74) is 8.48. The summed E-state index contributed by atoms with van der Waals surface area (Å²) in [5.74, 6) is 0.939. The first-order valence-electron chi connectivity index (χ1n) is 7.23. The smallest absolute Gasteiger partial charge is 0.122 e. The second-order valence-electron chi connectivity index (χ2n) is 4.94. The molecule has 1 atom stereocenters. The van der Waals surface area contributed by atoms with Gasteiger partial charge in [0.25, 0.3) is 0 Å². The first-order chi connectivity index (χ1) is 9.17. The Morgan fingerprint density at radius 2 is 1.95 bits per heavy atom. The number of aryl methyl sites for hydroxylation is 1. The van der Waals surface area contributed by atoms with Gasteiger partial charge in [0, 0.05) is 12.6 Å². The Labute approximate surface area is 117 Å². The molecule has 0 fully saturated rings. The third-order valence-corrected chi connectivity index (χ3v) is 3.06. The zero-order valence-corrected chi connectivity index (χ0v) is 12.4. The SMILES string of the molecule is CCCOCCOc1ccc(C)cc1CC(N)CC. The molecule has 0 aliphatic rings. The van der Waals surface area contributed by atoms with E-state index in [1.54, 1.807) is 0 Å².